The lowest BCUT2D eigenvalue weighted by atomic mass is 9.94. The largest absolute Gasteiger partial charge is 0.316 e. The Balaban J connectivity index is 1.78. The number of aromatic nitrogens is 2. The molecule has 22 heavy (non-hydrogen) atoms. The third-order valence-electron chi connectivity index (χ3n) is 4.13. The number of piperidine rings is 1. The molecule has 1 fully saturated rings. The number of thiazole rings is 1. The first-order chi connectivity index (χ1) is 10.9. The van der Waals surface area contributed by atoms with Crippen molar-refractivity contribution in [2.75, 3.05) is 18.4 Å². The summed E-state index contributed by atoms with van der Waals surface area (Å²) in [6.45, 7) is 2.14. The highest BCUT2D eigenvalue weighted by atomic mass is 32.1. The number of benzene rings is 1. The Morgan fingerprint density at radius 3 is 3.05 bits per heavy atom. The first kappa shape index (κ1) is 13.7. The molecule has 112 valence electrons. The molecule has 1 aliphatic heterocycles. The van der Waals surface area contributed by atoms with Gasteiger partial charge in [0.25, 0.3) is 0 Å². The zero-order valence-electron chi connectivity index (χ0n) is 12.2. The Morgan fingerprint density at radius 2 is 2.23 bits per heavy atom. The molecule has 0 radical (unpaired) electrons. The first-order valence-electron chi connectivity index (χ1n) is 7.67. The van der Waals surface area contributed by atoms with Crippen molar-refractivity contribution in [3.8, 4) is 0 Å². The Bertz CT molecular complexity index is 763. The first-order valence-corrected chi connectivity index (χ1v) is 8.55. The minimum atomic E-state index is 0.496. The maximum Gasteiger partial charge on any atom is 0.188 e. The van der Waals surface area contributed by atoms with Gasteiger partial charge in [0.2, 0.25) is 0 Å². The van der Waals surface area contributed by atoms with Gasteiger partial charge in [-0.05, 0) is 30.8 Å². The molecule has 1 atom stereocenters. The molecule has 2 N–H and O–H groups in total. The molecule has 0 aliphatic carbocycles. The molecule has 4 rings (SSSR count). The van der Waals surface area contributed by atoms with Crippen molar-refractivity contribution in [2.45, 2.75) is 18.8 Å². The van der Waals surface area contributed by atoms with Crippen molar-refractivity contribution in [1.82, 2.24) is 15.3 Å². The molecule has 0 bridgehead atoms. The van der Waals surface area contributed by atoms with Crippen molar-refractivity contribution in [1.29, 1.82) is 0 Å². The van der Waals surface area contributed by atoms with Gasteiger partial charge >= 0.3 is 0 Å². The van der Waals surface area contributed by atoms with Gasteiger partial charge in [0.15, 0.2) is 5.13 Å². The Kier molecular flexibility index (Phi) is 3.74. The Hall–Kier alpha value is -1.98. The van der Waals surface area contributed by atoms with Gasteiger partial charge in [-0.3, -0.25) is 0 Å². The van der Waals surface area contributed by atoms with E-state index in [9.17, 15) is 0 Å². The highest BCUT2D eigenvalue weighted by Gasteiger charge is 2.18. The van der Waals surface area contributed by atoms with Crippen LogP contribution in [0.1, 0.15) is 24.5 Å². The van der Waals surface area contributed by atoms with Crippen molar-refractivity contribution in [3.63, 3.8) is 0 Å². The molecule has 1 saturated heterocycles. The van der Waals surface area contributed by atoms with E-state index in [2.05, 4.69) is 45.9 Å². The predicted molar refractivity (Wildman–Crippen MR) is 92.0 cm³/mol. The molecular weight excluding hydrogens is 292 g/mol. The standard InChI is InChI=1S/C17H18N4S/c1-2-6-14-12(4-1)10-15(13-5-3-7-18-11-13)20-16(14)21-17-19-8-9-22-17/h1-2,4,6,8-10,13,18H,3,5,7,11H2,(H,19,20,21). The van der Waals surface area contributed by atoms with Crippen LogP contribution in [0.3, 0.4) is 0 Å². The highest BCUT2D eigenvalue weighted by Crippen LogP contribution is 2.30. The van der Waals surface area contributed by atoms with E-state index in [0.29, 0.717) is 5.92 Å². The van der Waals surface area contributed by atoms with E-state index in [-0.39, 0.29) is 0 Å². The summed E-state index contributed by atoms with van der Waals surface area (Å²) >= 11 is 1.59. The maximum absolute atomic E-state index is 4.92. The molecule has 1 unspecified atom stereocenters. The number of fused-ring (bicyclic) bond motifs is 1. The normalized spacial score (nSPS) is 18.5. The number of hydrogen-bond donors (Lipinski definition) is 2. The molecule has 3 heterocycles. The van der Waals surface area contributed by atoms with Crippen LogP contribution in [-0.2, 0) is 0 Å². The van der Waals surface area contributed by atoms with Crippen LogP contribution in [0.25, 0.3) is 10.8 Å². The van der Waals surface area contributed by atoms with Crippen LogP contribution in [0.4, 0.5) is 10.9 Å². The molecule has 1 aliphatic rings. The number of nitrogens with zero attached hydrogens (tertiary/aromatic N) is 2. The minimum absolute atomic E-state index is 0.496. The van der Waals surface area contributed by atoms with Gasteiger partial charge in [-0.15, -0.1) is 11.3 Å². The molecule has 5 heteroatoms. The molecular formula is C17H18N4S. The van der Waals surface area contributed by atoms with Crippen LogP contribution in [-0.4, -0.2) is 23.1 Å². The Morgan fingerprint density at radius 1 is 1.27 bits per heavy atom. The number of nitrogens with one attached hydrogen (secondary N) is 2. The number of pyridine rings is 1. The van der Waals surface area contributed by atoms with E-state index in [0.717, 1.165) is 29.4 Å². The fraction of sp³-hybridized carbons (Fsp3) is 0.294. The monoisotopic (exact) mass is 310 g/mol. The van der Waals surface area contributed by atoms with E-state index in [1.54, 1.807) is 11.3 Å². The quantitative estimate of drug-likeness (QED) is 0.770. The fourth-order valence-corrected chi connectivity index (χ4v) is 3.54. The van der Waals surface area contributed by atoms with Gasteiger partial charge in [0.05, 0.1) is 0 Å². The van der Waals surface area contributed by atoms with Gasteiger partial charge in [0, 0.05) is 35.1 Å². The zero-order valence-corrected chi connectivity index (χ0v) is 13.1. The summed E-state index contributed by atoms with van der Waals surface area (Å²) in [5.74, 6) is 1.41. The van der Waals surface area contributed by atoms with E-state index < -0.39 is 0 Å². The van der Waals surface area contributed by atoms with E-state index in [4.69, 9.17) is 4.98 Å². The van der Waals surface area contributed by atoms with E-state index in [1.165, 1.54) is 23.9 Å². The second-order valence-corrected chi connectivity index (χ2v) is 6.52. The predicted octanol–water partition coefficient (Wildman–Crippen LogP) is 3.90. The Labute approximate surface area is 133 Å². The summed E-state index contributed by atoms with van der Waals surface area (Å²) in [4.78, 5) is 9.23. The summed E-state index contributed by atoms with van der Waals surface area (Å²) in [6, 6.07) is 10.6. The second kappa shape index (κ2) is 6.02. The molecule has 0 amide bonds. The van der Waals surface area contributed by atoms with Gasteiger partial charge < -0.3 is 10.6 Å². The molecule has 2 aromatic heterocycles. The van der Waals surface area contributed by atoms with Gasteiger partial charge in [-0.2, -0.15) is 0 Å². The highest BCUT2D eigenvalue weighted by molar-refractivity contribution is 7.13. The third kappa shape index (κ3) is 2.69. The third-order valence-corrected chi connectivity index (χ3v) is 4.82. The summed E-state index contributed by atoms with van der Waals surface area (Å²) in [5.41, 5.74) is 1.17. The van der Waals surface area contributed by atoms with Gasteiger partial charge in [0.1, 0.15) is 5.82 Å². The van der Waals surface area contributed by atoms with Crippen LogP contribution >= 0.6 is 11.3 Å². The second-order valence-electron chi connectivity index (χ2n) is 5.62. The summed E-state index contributed by atoms with van der Waals surface area (Å²) in [7, 11) is 0. The molecule has 0 saturated carbocycles. The zero-order chi connectivity index (χ0) is 14.8. The van der Waals surface area contributed by atoms with E-state index in [1.807, 2.05) is 11.6 Å². The van der Waals surface area contributed by atoms with Crippen LogP contribution in [0.2, 0.25) is 0 Å². The molecule has 1 aromatic carbocycles. The maximum atomic E-state index is 4.92. The van der Waals surface area contributed by atoms with Crippen LogP contribution < -0.4 is 10.6 Å². The fourth-order valence-electron chi connectivity index (χ4n) is 3.01. The SMILES string of the molecule is c1ccc2c(Nc3nccs3)nc(C3CCCNC3)cc2c1. The lowest BCUT2D eigenvalue weighted by molar-refractivity contribution is 0.455. The molecule has 4 nitrogen and oxygen atoms in total. The summed E-state index contributed by atoms with van der Waals surface area (Å²) in [5, 5.41) is 12.1. The van der Waals surface area contributed by atoms with Crippen molar-refractivity contribution in [2.24, 2.45) is 0 Å². The average molecular weight is 310 g/mol. The smallest absolute Gasteiger partial charge is 0.188 e. The number of rotatable bonds is 3. The summed E-state index contributed by atoms with van der Waals surface area (Å²) < 4.78 is 0. The number of anilines is 2. The lowest BCUT2D eigenvalue weighted by Crippen LogP contribution is -2.28. The number of hydrogen-bond acceptors (Lipinski definition) is 5. The van der Waals surface area contributed by atoms with Crippen LogP contribution in [0.15, 0.2) is 41.9 Å². The van der Waals surface area contributed by atoms with Crippen molar-refractivity contribution < 1.29 is 0 Å². The minimum Gasteiger partial charge on any atom is -0.316 e. The average Bonchev–Trinajstić information content (AvgIpc) is 3.09. The van der Waals surface area contributed by atoms with Crippen molar-refractivity contribution >= 4 is 33.1 Å². The van der Waals surface area contributed by atoms with Crippen molar-refractivity contribution in [3.05, 3.63) is 47.6 Å². The van der Waals surface area contributed by atoms with E-state index >= 15 is 0 Å². The van der Waals surface area contributed by atoms with Crippen LogP contribution in [0.5, 0.6) is 0 Å². The van der Waals surface area contributed by atoms with Gasteiger partial charge in [-0.1, -0.05) is 24.3 Å². The summed E-state index contributed by atoms with van der Waals surface area (Å²) in [6.07, 6.45) is 4.23. The van der Waals surface area contributed by atoms with Crippen LogP contribution in [0, 0.1) is 0 Å². The molecule has 3 aromatic rings. The molecule has 0 spiro atoms. The topological polar surface area (TPSA) is 49.8 Å². The lowest BCUT2D eigenvalue weighted by Gasteiger charge is -2.23. The van der Waals surface area contributed by atoms with Gasteiger partial charge in [-0.25, -0.2) is 9.97 Å².